The highest BCUT2D eigenvalue weighted by Crippen LogP contribution is 2.36. The number of aliphatic hydroxyl groups is 1. The van der Waals surface area contributed by atoms with Crippen LogP contribution in [0.4, 0.5) is 5.82 Å². The van der Waals surface area contributed by atoms with E-state index in [9.17, 15) is 9.90 Å². The first kappa shape index (κ1) is 26.7. The number of anilines is 1. The molecule has 5 rings (SSSR count). The van der Waals surface area contributed by atoms with E-state index in [-0.39, 0.29) is 24.2 Å². The first-order chi connectivity index (χ1) is 18.5. The summed E-state index contributed by atoms with van der Waals surface area (Å²) in [5.74, 6) is 2.79. The number of hydrogen-bond acceptors (Lipinski definition) is 7. The monoisotopic (exact) mass is 537 g/mol. The summed E-state index contributed by atoms with van der Waals surface area (Å²) in [5.41, 5.74) is 0.776. The lowest BCUT2D eigenvalue weighted by atomic mass is 9.75. The number of ether oxygens (including phenoxy) is 1. The highest BCUT2D eigenvalue weighted by Gasteiger charge is 2.30. The minimum absolute atomic E-state index is 0.0556. The van der Waals surface area contributed by atoms with Crippen molar-refractivity contribution < 1.29 is 14.6 Å². The van der Waals surface area contributed by atoms with Crippen molar-refractivity contribution in [3.8, 4) is 11.8 Å². The highest BCUT2D eigenvalue weighted by atomic mass is 35.5. The van der Waals surface area contributed by atoms with Gasteiger partial charge in [0.2, 0.25) is 0 Å². The van der Waals surface area contributed by atoms with Crippen LogP contribution in [0.15, 0.2) is 30.3 Å². The maximum atomic E-state index is 12.8. The fourth-order valence-corrected chi connectivity index (χ4v) is 6.44. The molecule has 38 heavy (non-hydrogen) atoms. The number of nitrogens with one attached hydrogen (secondary N) is 1. The Balaban J connectivity index is 1.05. The van der Waals surface area contributed by atoms with E-state index in [4.69, 9.17) is 21.6 Å². The van der Waals surface area contributed by atoms with Crippen LogP contribution in [-0.2, 0) is 0 Å². The minimum atomic E-state index is -0.189. The van der Waals surface area contributed by atoms with Gasteiger partial charge in [-0.1, -0.05) is 11.6 Å². The number of aromatic nitrogens is 2. The summed E-state index contributed by atoms with van der Waals surface area (Å²) in [7, 11) is 0. The average molecular weight is 538 g/mol. The molecule has 2 saturated carbocycles. The van der Waals surface area contributed by atoms with Crippen LogP contribution in [0.5, 0.6) is 5.75 Å². The van der Waals surface area contributed by atoms with E-state index in [1.807, 2.05) is 6.07 Å². The molecule has 1 saturated heterocycles. The number of nitrogens with zero attached hydrogens (tertiary/aromatic N) is 4. The molecular weight excluding hydrogens is 502 g/mol. The summed E-state index contributed by atoms with van der Waals surface area (Å²) in [5, 5.41) is 30.9. The Hall–Kier alpha value is -2.89. The minimum Gasteiger partial charge on any atom is -0.490 e. The van der Waals surface area contributed by atoms with Gasteiger partial charge in [0.05, 0.1) is 22.8 Å². The summed E-state index contributed by atoms with van der Waals surface area (Å²) in [6.45, 7) is 1.92. The summed E-state index contributed by atoms with van der Waals surface area (Å²) in [6, 6.07) is 10.9. The van der Waals surface area contributed by atoms with Gasteiger partial charge in [-0.2, -0.15) is 5.26 Å². The van der Waals surface area contributed by atoms with Gasteiger partial charge in [-0.25, -0.2) is 0 Å². The smallest absolute Gasteiger partial charge is 0.272 e. The molecule has 1 aromatic heterocycles. The maximum absolute atomic E-state index is 12.8. The lowest BCUT2D eigenvalue weighted by Gasteiger charge is -2.38. The number of halogens is 1. The molecule has 0 spiro atoms. The first-order valence-electron chi connectivity index (χ1n) is 13.9. The van der Waals surface area contributed by atoms with Crippen LogP contribution >= 0.6 is 11.6 Å². The normalized spacial score (nSPS) is 26.4. The van der Waals surface area contributed by atoms with Crippen LogP contribution in [0.3, 0.4) is 0 Å². The fourth-order valence-electron chi connectivity index (χ4n) is 6.22. The molecule has 1 aliphatic heterocycles. The number of carbonyl (C=O) groups is 1. The maximum Gasteiger partial charge on any atom is 0.272 e. The van der Waals surface area contributed by atoms with Crippen molar-refractivity contribution in [3.63, 3.8) is 0 Å². The van der Waals surface area contributed by atoms with Crippen LogP contribution in [0.25, 0.3) is 0 Å². The van der Waals surface area contributed by atoms with Crippen molar-refractivity contribution >= 4 is 23.3 Å². The van der Waals surface area contributed by atoms with E-state index in [0.717, 1.165) is 95.0 Å². The quantitative estimate of drug-likeness (QED) is 0.539. The zero-order valence-corrected chi connectivity index (χ0v) is 22.4. The number of benzene rings is 1. The molecule has 0 radical (unpaired) electrons. The lowest BCUT2D eigenvalue weighted by Crippen LogP contribution is -2.40. The summed E-state index contributed by atoms with van der Waals surface area (Å²) < 4.78 is 6.05. The fraction of sp³-hybridized carbons (Fsp3) is 0.586. The number of aliphatic hydroxyl groups excluding tert-OH is 1. The van der Waals surface area contributed by atoms with Crippen molar-refractivity contribution in [2.45, 2.75) is 82.5 Å². The molecule has 9 heteroatoms. The Labute approximate surface area is 229 Å². The van der Waals surface area contributed by atoms with E-state index in [0.29, 0.717) is 22.0 Å². The second-order valence-corrected chi connectivity index (χ2v) is 11.4. The van der Waals surface area contributed by atoms with Crippen molar-refractivity contribution in [3.05, 3.63) is 46.6 Å². The van der Waals surface area contributed by atoms with Crippen LogP contribution in [0, 0.1) is 23.2 Å². The molecule has 2 aliphatic carbocycles. The first-order valence-corrected chi connectivity index (χ1v) is 14.3. The van der Waals surface area contributed by atoms with Gasteiger partial charge in [0.25, 0.3) is 5.91 Å². The summed E-state index contributed by atoms with van der Waals surface area (Å²) >= 11 is 6.11. The molecule has 3 fully saturated rings. The van der Waals surface area contributed by atoms with Gasteiger partial charge in [-0.3, -0.25) is 4.79 Å². The number of carbonyl (C=O) groups excluding carboxylic acids is 1. The summed E-state index contributed by atoms with van der Waals surface area (Å²) in [6.07, 6.45) is 9.74. The molecule has 0 atom stereocenters. The second-order valence-electron chi connectivity index (χ2n) is 11.0. The van der Waals surface area contributed by atoms with Gasteiger partial charge in [0.15, 0.2) is 11.5 Å². The molecule has 2 N–H and O–H groups in total. The zero-order chi connectivity index (χ0) is 26.5. The Morgan fingerprint density at radius 3 is 2.32 bits per heavy atom. The molecule has 2 heterocycles. The number of hydrogen-bond donors (Lipinski definition) is 2. The molecule has 3 aliphatic rings. The molecule has 2 aromatic rings. The molecule has 0 unspecified atom stereocenters. The third-order valence-electron chi connectivity index (χ3n) is 8.53. The molecule has 0 bridgehead atoms. The topological polar surface area (TPSA) is 111 Å². The van der Waals surface area contributed by atoms with Crippen LogP contribution in [0.2, 0.25) is 5.02 Å². The van der Waals surface area contributed by atoms with Gasteiger partial charge in [0.1, 0.15) is 11.8 Å². The third kappa shape index (κ3) is 6.57. The van der Waals surface area contributed by atoms with Crippen molar-refractivity contribution in [2.75, 3.05) is 18.0 Å². The predicted octanol–water partition coefficient (Wildman–Crippen LogP) is 4.89. The Morgan fingerprint density at radius 2 is 1.68 bits per heavy atom. The van der Waals surface area contributed by atoms with Gasteiger partial charge in [0, 0.05) is 25.2 Å². The van der Waals surface area contributed by atoms with Crippen LogP contribution in [0.1, 0.15) is 80.3 Å². The predicted molar refractivity (Wildman–Crippen MR) is 145 cm³/mol. The third-order valence-corrected chi connectivity index (χ3v) is 8.84. The van der Waals surface area contributed by atoms with Crippen LogP contribution < -0.4 is 15.0 Å². The number of nitriles is 1. The molecule has 8 nitrogen and oxygen atoms in total. The lowest BCUT2D eigenvalue weighted by molar-refractivity contribution is 0.0854. The average Bonchev–Trinajstić information content (AvgIpc) is 2.95. The molecule has 202 valence electrons. The molecule has 1 aromatic carbocycles. The Kier molecular flexibility index (Phi) is 8.65. The largest absolute Gasteiger partial charge is 0.490 e. The number of rotatable bonds is 6. The molecular formula is C29H36ClN5O3. The second kappa shape index (κ2) is 12.3. The van der Waals surface area contributed by atoms with E-state index in [1.54, 1.807) is 24.3 Å². The van der Waals surface area contributed by atoms with E-state index in [2.05, 4.69) is 26.5 Å². The number of piperidine rings is 1. The van der Waals surface area contributed by atoms with Crippen molar-refractivity contribution in [1.29, 1.82) is 5.26 Å². The van der Waals surface area contributed by atoms with E-state index in [1.165, 1.54) is 0 Å². The molecule has 1 amide bonds. The SMILES string of the molecule is N#Cc1ccc(OC2CCC(NC(=O)c3ccc(N4CCC(C5CCC(O)CC5)CC4)nn3)CC2)cc1Cl. The van der Waals surface area contributed by atoms with Gasteiger partial charge in [-0.05, 0) is 100 Å². The Morgan fingerprint density at radius 1 is 0.974 bits per heavy atom. The number of amides is 1. The van der Waals surface area contributed by atoms with Crippen molar-refractivity contribution in [1.82, 2.24) is 15.5 Å². The zero-order valence-electron chi connectivity index (χ0n) is 21.7. The van der Waals surface area contributed by atoms with Crippen molar-refractivity contribution in [2.24, 2.45) is 11.8 Å². The van der Waals surface area contributed by atoms with Gasteiger partial charge >= 0.3 is 0 Å². The Bertz CT molecular complexity index is 1130. The summed E-state index contributed by atoms with van der Waals surface area (Å²) in [4.78, 5) is 15.1. The standard InChI is InChI=1S/C29H36ClN5O3/c30-26-17-25(8-3-21(26)18-31)38-24-9-4-22(5-10-24)32-29(37)27-11-12-28(34-33-27)35-15-13-20(14-16-35)19-1-6-23(36)7-2-19/h3,8,11-12,17,19-20,22-24,36H,1-2,4-7,9-10,13-16H2,(H,32,37). The van der Waals surface area contributed by atoms with E-state index < -0.39 is 0 Å². The van der Waals surface area contributed by atoms with E-state index >= 15 is 0 Å². The highest BCUT2D eigenvalue weighted by molar-refractivity contribution is 6.31. The van der Waals surface area contributed by atoms with Gasteiger partial charge in [-0.15, -0.1) is 10.2 Å². The van der Waals surface area contributed by atoms with Gasteiger partial charge < -0.3 is 20.1 Å². The van der Waals surface area contributed by atoms with Crippen LogP contribution in [-0.4, -0.2) is 52.6 Å².